The Kier molecular flexibility index (Phi) is 5.84. The highest BCUT2D eigenvalue weighted by molar-refractivity contribution is 5.89. The van der Waals surface area contributed by atoms with E-state index < -0.39 is 12.1 Å². The molecule has 0 saturated carbocycles. The maximum Gasteiger partial charge on any atom is 0.337 e. The molecule has 0 unspecified atom stereocenters. The molecule has 2 atom stereocenters. The second-order valence-corrected chi connectivity index (χ2v) is 6.10. The molecule has 1 aliphatic heterocycles. The number of carbonyl (C=O) groups is 3. The molecule has 0 spiro atoms. The maximum atomic E-state index is 12.4. The monoisotopic (exact) mass is 348 g/mol. The van der Waals surface area contributed by atoms with Crippen molar-refractivity contribution in [2.45, 2.75) is 25.9 Å². The summed E-state index contributed by atoms with van der Waals surface area (Å²) in [5.41, 5.74) is 6.56. The van der Waals surface area contributed by atoms with Crippen LogP contribution in [0.1, 0.15) is 24.2 Å². The van der Waals surface area contributed by atoms with Gasteiger partial charge in [-0.25, -0.2) is 9.59 Å². The van der Waals surface area contributed by atoms with Gasteiger partial charge in [0.1, 0.15) is 6.04 Å². The number of benzene rings is 1. The molecule has 1 aromatic carbocycles. The summed E-state index contributed by atoms with van der Waals surface area (Å²) in [6, 6.07) is 5.81. The number of nitrogens with one attached hydrogen (secondary N) is 1. The zero-order chi connectivity index (χ0) is 18.6. The van der Waals surface area contributed by atoms with Gasteiger partial charge >= 0.3 is 12.0 Å². The molecule has 0 radical (unpaired) electrons. The Morgan fingerprint density at radius 1 is 1.24 bits per heavy atom. The van der Waals surface area contributed by atoms with Crippen LogP contribution in [0.5, 0.6) is 0 Å². The summed E-state index contributed by atoms with van der Waals surface area (Å²) < 4.78 is 4.69. The van der Waals surface area contributed by atoms with Crippen LogP contribution >= 0.6 is 0 Å². The van der Waals surface area contributed by atoms with E-state index in [4.69, 9.17) is 10.5 Å². The largest absolute Gasteiger partial charge is 0.465 e. The highest BCUT2D eigenvalue weighted by Crippen LogP contribution is 2.20. The third kappa shape index (κ3) is 4.40. The summed E-state index contributed by atoms with van der Waals surface area (Å²) >= 11 is 0. The van der Waals surface area contributed by atoms with E-state index in [9.17, 15) is 14.4 Å². The number of hydrogen-bond acceptors (Lipinski definition) is 5. The molecular weight excluding hydrogens is 324 g/mol. The Morgan fingerprint density at radius 2 is 1.88 bits per heavy atom. The van der Waals surface area contributed by atoms with Crippen LogP contribution in [0, 0.1) is 0 Å². The van der Waals surface area contributed by atoms with Gasteiger partial charge in [0.25, 0.3) is 0 Å². The fourth-order valence-electron chi connectivity index (χ4n) is 2.97. The summed E-state index contributed by atoms with van der Waals surface area (Å²) in [5.74, 6) is -0.515. The first-order valence-corrected chi connectivity index (χ1v) is 8.13. The smallest absolute Gasteiger partial charge is 0.337 e. The second-order valence-electron chi connectivity index (χ2n) is 6.10. The molecule has 1 heterocycles. The van der Waals surface area contributed by atoms with Gasteiger partial charge in [0.05, 0.1) is 12.7 Å². The number of hydrogen-bond donors (Lipinski definition) is 2. The van der Waals surface area contributed by atoms with Gasteiger partial charge in [-0.15, -0.1) is 0 Å². The summed E-state index contributed by atoms with van der Waals surface area (Å²) in [6.07, 6.45) is 0. The van der Waals surface area contributed by atoms with Gasteiger partial charge in [-0.3, -0.25) is 4.79 Å². The number of rotatable bonds is 4. The van der Waals surface area contributed by atoms with Gasteiger partial charge in [-0.1, -0.05) is 0 Å². The fraction of sp³-hybridized carbons (Fsp3) is 0.471. The lowest BCUT2D eigenvalue weighted by Gasteiger charge is -2.42. The van der Waals surface area contributed by atoms with Crippen LogP contribution in [-0.4, -0.2) is 61.6 Å². The van der Waals surface area contributed by atoms with Crippen LogP contribution in [0.15, 0.2) is 24.3 Å². The Hall–Kier alpha value is -2.77. The average Bonchev–Trinajstić information content (AvgIpc) is 2.60. The third-order valence-electron chi connectivity index (χ3n) is 4.29. The number of nitrogens with two attached hydrogens (primary N) is 1. The van der Waals surface area contributed by atoms with Crippen LogP contribution in [0.2, 0.25) is 0 Å². The van der Waals surface area contributed by atoms with Crippen LogP contribution in [0.3, 0.4) is 0 Å². The normalized spacial score (nSPS) is 18.4. The number of amides is 3. The molecule has 25 heavy (non-hydrogen) atoms. The molecule has 0 aromatic heterocycles. The number of primary amides is 1. The molecule has 136 valence electrons. The van der Waals surface area contributed by atoms with E-state index >= 15 is 0 Å². The van der Waals surface area contributed by atoms with E-state index in [0.717, 1.165) is 5.69 Å². The van der Waals surface area contributed by atoms with Crippen molar-refractivity contribution in [3.05, 3.63) is 29.8 Å². The van der Waals surface area contributed by atoms with E-state index in [1.54, 1.807) is 24.0 Å². The lowest BCUT2D eigenvalue weighted by molar-refractivity contribution is -0.135. The molecule has 2 rings (SSSR count). The standard InChI is InChI=1S/C17H24N4O4/c1-11-10-20(14-6-4-13(5-7-14)16(23)25-3)8-9-21(11)15(22)12(2)19-17(18)24/h4-7,11-12H,8-10H2,1-3H3,(H3,18,19,24)/t11-,12+/m0/s1. The Bertz CT molecular complexity index is 647. The van der Waals surface area contributed by atoms with Crippen molar-refractivity contribution in [3.8, 4) is 0 Å². The predicted octanol–water partition coefficient (Wildman–Crippen LogP) is 0.567. The van der Waals surface area contributed by atoms with Crippen molar-refractivity contribution in [2.75, 3.05) is 31.6 Å². The van der Waals surface area contributed by atoms with Crippen molar-refractivity contribution < 1.29 is 19.1 Å². The van der Waals surface area contributed by atoms with Gasteiger partial charge in [-0.05, 0) is 38.1 Å². The van der Waals surface area contributed by atoms with Crippen LogP contribution in [0.4, 0.5) is 10.5 Å². The van der Waals surface area contributed by atoms with Gasteiger partial charge < -0.3 is 25.6 Å². The minimum Gasteiger partial charge on any atom is -0.465 e. The number of methoxy groups -OCH3 is 1. The Morgan fingerprint density at radius 3 is 2.40 bits per heavy atom. The molecule has 0 aliphatic carbocycles. The minimum atomic E-state index is -0.710. The van der Waals surface area contributed by atoms with Crippen molar-refractivity contribution in [1.29, 1.82) is 0 Å². The summed E-state index contributed by atoms with van der Waals surface area (Å²) in [6.45, 7) is 5.45. The molecule has 3 N–H and O–H groups in total. The minimum absolute atomic E-state index is 0.0151. The first kappa shape index (κ1) is 18.6. The average molecular weight is 348 g/mol. The molecule has 0 bridgehead atoms. The van der Waals surface area contributed by atoms with Crippen molar-refractivity contribution in [3.63, 3.8) is 0 Å². The first-order valence-electron chi connectivity index (χ1n) is 8.13. The number of esters is 1. The number of ether oxygens (including phenoxy) is 1. The van der Waals surface area contributed by atoms with Crippen LogP contribution in [0.25, 0.3) is 0 Å². The lowest BCUT2D eigenvalue weighted by Crippen LogP contribution is -2.58. The number of carbonyl (C=O) groups excluding carboxylic acids is 3. The summed E-state index contributed by atoms with van der Waals surface area (Å²) in [5, 5.41) is 2.42. The predicted molar refractivity (Wildman–Crippen MR) is 93.4 cm³/mol. The quantitative estimate of drug-likeness (QED) is 0.774. The van der Waals surface area contributed by atoms with E-state index in [0.29, 0.717) is 25.2 Å². The van der Waals surface area contributed by atoms with Gasteiger partial charge in [0, 0.05) is 31.4 Å². The highest BCUT2D eigenvalue weighted by Gasteiger charge is 2.30. The third-order valence-corrected chi connectivity index (χ3v) is 4.29. The topological polar surface area (TPSA) is 105 Å². The first-order chi connectivity index (χ1) is 11.8. The zero-order valence-corrected chi connectivity index (χ0v) is 14.7. The lowest BCUT2D eigenvalue weighted by atomic mass is 10.1. The maximum absolute atomic E-state index is 12.4. The Balaban J connectivity index is 2.00. The van der Waals surface area contributed by atoms with Crippen molar-refractivity contribution in [1.82, 2.24) is 10.2 Å². The van der Waals surface area contributed by atoms with Crippen molar-refractivity contribution >= 4 is 23.6 Å². The van der Waals surface area contributed by atoms with E-state index in [-0.39, 0.29) is 17.9 Å². The van der Waals surface area contributed by atoms with E-state index in [1.807, 2.05) is 19.1 Å². The molecule has 3 amide bonds. The van der Waals surface area contributed by atoms with Gasteiger partial charge in [0.15, 0.2) is 0 Å². The highest BCUT2D eigenvalue weighted by atomic mass is 16.5. The zero-order valence-electron chi connectivity index (χ0n) is 14.7. The van der Waals surface area contributed by atoms with Crippen molar-refractivity contribution in [2.24, 2.45) is 5.73 Å². The fourth-order valence-corrected chi connectivity index (χ4v) is 2.97. The summed E-state index contributed by atoms with van der Waals surface area (Å²) in [7, 11) is 1.35. The van der Waals surface area contributed by atoms with Gasteiger partial charge in [0.2, 0.25) is 5.91 Å². The molecule has 1 saturated heterocycles. The second kappa shape index (κ2) is 7.87. The van der Waals surface area contributed by atoms with E-state index in [2.05, 4.69) is 10.2 Å². The van der Waals surface area contributed by atoms with Crippen LogP contribution < -0.4 is 16.0 Å². The summed E-state index contributed by atoms with van der Waals surface area (Å²) in [4.78, 5) is 38.7. The molecule has 8 heteroatoms. The molecular formula is C17H24N4O4. The van der Waals surface area contributed by atoms with Gasteiger partial charge in [-0.2, -0.15) is 0 Å². The number of piperazine rings is 1. The van der Waals surface area contributed by atoms with E-state index in [1.165, 1.54) is 7.11 Å². The molecule has 1 aliphatic rings. The molecule has 8 nitrogen and oxygen atoms in total. The number of nitrogens with zero attached hydrogens (tertiary/aromatic N) is 2. The Labute approximate surface area is 146 Å². The molecule has 1 aromatic rings. The van der Waals surface area contributed by atoms with Crippen LogP contribution in [-0.2, 0) is 9.53 Å². The SMILES string of the molecule is COC(=O)c1ccc(N2CCN(C(=O)[C@@H](C)NC(N)=O)[C@@H](C)C2)cc1. The molecule has 1 fully saturated rings. The number of urea groups is 1. The number of anilines is 1.